The van der Waals surface area contributed by atoms with Gasteiger partial charge in [-0.2, -0.15) is 0 Å². The average Bonchev–Trinajstić information content (AvgIpc) is 2.26. The van der Waals surface area contributed by atoms with Gasteiger partial charge in [0.1, 0.15) is 9.26 Å². The molecule has 1 rings (SSSR count). The maximum Gasteiger partial charge on any atom is 0.574 e. The third-order valence-electron chi connectivity index (χ3n) is 1.82. The highest BCUT2D eigenvalue weighted by molar-refractivity contribution is 14.1. The number of ether oxygens (including phenoxy) is 3. The molecule has 0 saturated carbocycles. The summed E-state index contributed by atoms with van der Waals surface area (Å²) in [5.74, 6) is -2.06. The van der Waals surface area contributed by atoms with Gasteiger partial charge >= 0.3 is 12.3 Å². The van der Waals surface area contributed by atoms with Crippen LogP contribution in [0.25, 0.3) is 0 Å². The standard InChI is InChI=1S/C10H9F3INO4/c1-3-18-9(16)5-4-6(14)15-8(7(5)17-2)19-10(11,12)13/h4H,3H2,1-2H3. The number of halogens is 4. The van der Waals surface area contributed by atoms with E-state index >= 15 is 0 Å². The maximum atomic E-state index is 12.2. The molecule has 0 N–H and O–H groups in total. The molecule has 0 fully saturated rings. The van der Waals surface area contributed by atoms with Gasteiger partial charge in [-0.3, -0.25) is 0 Å². The van der Waals surface area contributed by atoms with E-state index in [1.165, 1.54) is 6.07 Å². The number of aromatic nitrogens is 1. The smallest absolute Gasteiger partial charge is 0.491 e. The third kappa shape index (κ3) is 4.40. The largest absolute Gasteiger partial charge is 0.574 e. The number of alkyl halides is 3. The second-order valence-corrected chi connectivity index (χ2v) is 4.20. The summed E-state index contributed by atoms with van der Waals surface area (Å²) in [6.07, 6.45) is -4.93. The molecule has 0 unspecified atom stereocenters. The molecule has 0 saturated heterocycles. The van der Waals surface area contributed by atoms with Crippen molar-refractivity contribution in [3.63, 3.8) is 0 Å². The van der Waals surface area contributed by atoms with Crippen LogP contribution in [-0.2, 0) is 4.74 Å². The number of rotatable bonds is 4. The fraction of sp³-hybridized carbons (Fsp3) is 0.400. The summed E-state index contributed by atoms with van der Waals surface area (Å²) in [5, 5.41) is 0. The maximum absolute atomic E-state index is 12.2. The second-order valence-electron chi connectivity index (χ2n) is 3.10. The van der Waals surface area contributed by atoms with Crippen LogP contribution < -0.4 is 9.47 Å². The molecule has 0 bridgehead atoms. The summed E-state index contributed by atoms with van der Waals surface area (Å²) in [6, 6.07) is 1.25. The van der Waals surface area contributed by atoms with E-state index in [-0.39, 0.29) is 15.9 Å². The van der Waals surface area contributed by atoms with Crippen LogP contribution in [0.1, 0.15) is 17.3 Å². The van der Waals surface area contributed by atoms with E-state index < -0.39 is 24.0 Å². The molecule has 0 radical (unpaired) electrons. The number of hydrogen-bond acceptors (Lipinski definition) is 5. The number of nitrogens with zero attached hydrogens (tertiary/aromatic N) is 1. The van der Waals surface area contributed by atoms with E-state index in [1.807, 2.05) is 0 Å². The Balaban J connectivity index is 3.28. The van der Waals surface area contributed by atoms with Crippen LogP contribution in [0.15, 0.2) is 6.07 Å². The molecule has 19 heavy (non-hydrogen) atoms. The lowest BCUT2D eigenvalue weighted by molar-refractivity contribution is -0.276. The van der Waals surface area contributed by atoms with Crippen LogP contribution in [0.3, 0.4) is 0 Å². The Bertz CT molecular complexity index is 479. The highest BCUT2D eigenvalue weighted by Gasteiger charge is 2.35. The molecule has 0 spiro atoms. The Labute approximate surface area is 120 Å². The summed E-state index contributed by atoms with van der Waals surface area (Å²) in [7, 11) is 1.11. The average molecular weight is 391 g/mol. The first kappa shape index (κ1) is 15.8. The Morgan fingerprint density at radius 1 is 1.47 bits per heavy atom. The zero-order valence-corrected chi connectivity index (χ0v) is 12.0. The van der Waals surface area contributed by atoms with Gasteiger partial charge in [-0.15, -0.1) is 13.2 Å². The van der Waals surface area contributed by atoms with Crippen LogP contribution in [0.5, 0.6) is 11.6 Å². The summed E-state index contributed by atoms with van der Waals surface area (Å²) < 4.78 is 50.0. The number of pyridine rings is 1. The van der Waals surface area contributed by atoms with Crippen molar-refractivity contribution < 1.29 is 32.2 Å². The Hall–Kier alpha value is -1.26. The fourth-order valence-electron chi connectivity index (χ4n) is 1.22. The number of esters is 1. The number of hydrogen-bond donors (Lipinski definition) is 0. The molecular weight excluding hydrogens is 382 g/mol. The molecule has 5 nitrogen and oxygen atoms in total. The summed E-state index contributed by atoms with van der Waals surface area (Å²) in [4.78, 5) is 15.2. The first-order valence-corrected chi connectivity index (χ1v) is 6.03. The molecule has 9 heteroatoms. The molecule has 106 valence electrons. The van der Waals surface area contributed by atoms with Crippen LogP contribution in [-0.4, -0.2) is 31.0 Å². The number of methoxy groups -OCH3 is 1. The molecular formula is C10H9F3INO4. The molecule has 0 aromatic carbocycles. The lowest BCUT2D eigenvalue weighted by Crippen LogP contribution is -2.20. The van der Waals surface area contributed by atoms with E-state index in [0.29, 0.717) is 0 Å². The van der Waals surface area contributed by atoms with Crippen molar-refractivity contribution in [3.05, 3.63) is 15.3 Å². The lowest BCUT2D eigenvalue weighted by atomic mass is 10.2. The minimum absolute atomic E-state index is 0.0797. The Kier molecular flexibility index (Phi) is 5.20. The van der Waals surface area contributed by atoms with Gasteiger partial charge in [-0.25, -0.2) is 9.78 Å². The van der Waals surface area contributed by atoms with Gasteiger partial charge in [0.2, 0.25) is 0 Å². The highest BCUT2D eigenvalue weighted by Crippen LogP contribution is 2.34. The highest BCUT2D eigenvalue weighted by atomic mass is 127. The predicted octanol–water partition coefficient (Wildman–Crippen LogP) is 2.77. The van der Waals surface area contributed by atoms with Crippen molar-refractivity contribution in [1.29, 1.82) is 0 Å². The topological polar surface area (TPSA) is 57.7 Å². The third-order valence-corrected chi connectivity index (χ3v) is 2.38. The van der Waals surface area contributed by atoms with Gasteiger partial charge in [0, 0.05) is 0 Å². The summed E-state index contributed by atoms with van der Waals surface area (Å²) in [6.45, 7) is 1.65. The second kappa shape index (κ2) is 6.26. The zero-order chi connectivity index (χ0) is 14.6. The van der Waals surface area contributed by atoms with Crippen molar-refractivity contribution in [1.82, 2.24) is 4.98 Å². The quantitative estimate of drug-likeness (QED) is 0.449. The van der Waals surface area contributed by atoms with Gasteiger partial charge < -0.3 is 14.2 Å². The van der Waals surface area contributed by atoms with Gasteiger partial charge in [0.15, 0.2) is 5.75 Å². The van der Waals surface area contributed by atoms with Crippen molar-refractivity contribution in [2.45, 2.75) is 13.3 Å². The minimum Gasteiger partial charge on any atom is -0.491 e. The van der Waals surface area contributed by atoms with Crippen LogP contribution >= 0.6 is 22.6 Å². The van der Waals surface area contributed by atoms with Gasteiger partial charge in [-0.05, 0) is 35.6 Å². The first-order chi connectivity index (χ1) is 8.78. The van der Waals surface area contributed by atoms with E-state index in [9.17, 15) is 18.0 Å². The zero-order valence-electron chi connectivity index (χ0n) is 9.88. The number of carbonyl (C=O) groups is 1. The molecule has 0 aliphatic carbocycles. The predicted molar refractivity (Wildman–Crippen MR) is 66.1 cm³/mol. The van der Waals surface area contributed by atoms with E-state index in [2.05, 4.69) is 9.72 Å². The Morgan fingerprint density at radius 3 is 2.58 bits per heavy atom. The normalized spacial score (nSPS) is 11.1. The molecule has 0 aliphatic heterocycles. The van der Waals surface area contributed by atoms with Gasteiger partial charge in [-0.1, -0.05) is 0 Å². The van der Waals surface area contributed by atoms with Gasteiger partial charge in [0.05, 0.1) is 13.7 Å². The van der Waals surface area contributed by atoms with Gasteiger partial charge in [0.25, 0.3) is 5.88 Å². The van der Waals surface area contributed by atoms with Crippen molar-refractivity contribution >= 4 is 28.6 Å². The molecule has 0 aliphatic rings. The molecule has 1 aromatic rings. The van der Waals surface area contributed by atoms with Crippen LogP contribution in [0, 0.1) is 3.70 Å². The minimum atomic E-state index is -4.93. The van der Waals surface area contributed by atoms with E-state index in [0.717, 1.165) is 7.11 Å². The Morgan fingerprint density at radius 2 is 2.11 bits per heavy atom. The van der Waals surface area contributed by atoms with Crippen molar-refractivity contribution in [2.75, 3.05) is 13.7 Å². The fourth-order valence-corrected chi connectivity index (χ4v) is 1.75. The monoisotopic (exact) mass is 391 g/mol. The van der Waals surface area contributed by atoms with E-state index in [1.54, 1.807) is 29.5 Å². The molecule has 0 atom stereocenters. The van der Waals surface area contributed by atoms with Crippen molar-refractivity contribution in [2.24, 2.45) is 0 Å². The lowest BCUT2D eigenvalue weighted by Gasteiger charge is -2.14. The summed E-state index contributed by atoms with van der Waals surface area (Å²) in [5.41, 5.74) is -0.178. The number of carbonyl (C=O) groups excluding carboxylic acids is 1. The van der Waals surface area contributed by atoms with E-state index in [4.69, 9.17) is 9.47 Å². The molecule has 1 aromatic heterocycles. The molecule has 1 heterocycles. The summed E-state index contributed by atoms with van der Waals surface area (Å²) >= 11 is 1.66. The molecule has 0 amide bonds. The first-order valence-electron chi connectivity index (χ1n) is 4.96. The van der Waals surface area contributed by atoms with Crippen LogP contribution in [0.4, 0.5) is 13.2 Å². The van der Waals surface area contributed by atoms with Crippen LogP contribution in [0.2, 0.25) is 0 Å². The SMILES string of the molecule is CCOC(=O)c1cc(I)nc(OC(F)(F)F)c1OC. The van der Waals surface area contributed by atoms with Crippen molar-refractivity contribution in [3.8, 4) is 11.6 Å².